The van der Waals surface area contributed by atoms with Gasteiger partial charge in [-0.25, -0.2) is 0 Å². The molecule has 88 valence electrons. The highest BCUT2D eigenvalue weighted by atomic mass is 32.1. The lowest BCUT2D eigenvalue weighted by atomic mass is 10.3. The zero-order chi connectivity index (χ0) is 12.1. The van der Waals surface area contributed by atoms with Crippen LogP contribution in [0.1, 0.15) is 0 Å². The summed E-state index contributed by atoms with van der Waals surface area (Å²) in [5.74, 6) is 0.399. The van der Waals surface area contributed by atoms with E-state index in [1.165, 1.54) is 11.3 Å². The van der Waals surface area contributed by atoms with Crippen molar-refractivity contribution in [2.75, 3.05) is 17.7 Å². The summed E-state index contributed by atoms with van der Waals surface area (Å²) in [6, 6.07) is 8.81. The molecule has 17 heavy (non-hydrogen) atoms. The number of nitrogens with two attached hydrogens (primary N) is 1. The van der Waals surface area contributed by atoms with Gasteiger partial charge in [-0.1, -0.05) is 6.07 Å². The molecule has 0 unspecified atom stereocenters. The van der Waals surface area contributed by atoms with E-state index in [9.17, 15) is 4.79 Å². The predicted octanol–water partition coefficient (Wildman–Crippen LogP) is 2.35. The fourth-order valence-electron chi connectivity index (χ4n) is 1.29. The second-order valence-electron chi connectivity index (χ2n) is 3.42. The summed E-state index contributed by atoms with van der Waals surface area (Å²) in [5.41, 5.74) is 7.00. The molecule has 0 aliphatic rings. The van der Waals surface area contributed by atoms with Crippen molar-refractivity contribution in [3.05, 3.63) is 41.1 Å². The predicted molar refractivity (Wildman–Crippen MR) is 69.3 cm³/mol. The second kappa shape index (κ2) is 5.36. The number of nitrogens with one attached hydrogen (secondary N) is 1. The summed E-state index contributed by atoms with van der Waals surface area (Å²) < 4.78 is 5.31. The summed E-state index contributed by atoms with van der Waals surface area (Å²) in [6.45, 7) is -0.0285. The fourth-order valence-corrected chi connectivity index (χ4v) is 1.87. The van der Waals surface area contributed by atoms with Crippen LogP contribution in [0.5, 0.6) is 5.75 Å². The van der Waals surface area contributed by atoms with Crippen LogP contribution in [0, 0.1) is 0 Å². The molecule has 0 aliphatic carbocycles. The molecule has 1 aromatic heterocycles. The van der Waals surface area contributed by atoms with Crippen LogP contribution in [0.25, 0.3) is 0 Å². The van der Waals surface area contributed by atoms with E-state index in [4.69, 9.17) is 10.5 Å². The Hall–Kier alpha value is -2.01. The van der Waals surface area contributed by atoms with E-state index in [1.54, 1.807) is 24.3 Å². The molecule has 0 fully saturated rings. The maximum atomic E-state index is 11.5. The van der Waals surface area contributed by atoms with E-state index < -0.39 is 0 Å². The van der Waals surface area contributed by atoms with Gasteiger partial charge in [-0.05, 0) is 23.6 Å². The number of ether oxygens (including phenoxy) is 1. The molecule has 2 rings (SSSR count). The van der Waals surface area contributed by atoms with Crippen LogP contribution in [0.4, 0.5) is 11.4 Å². The molecule has 0 spiro atoms. The van der Waals surface area contributed by atoms with Crippen molar-refractivity contribution in [3.8, 4) is 5.75 Å². The molecule has 0 aliphatic heterocycles. The zero-order valence-electron chi connectivity index (χ0n) is 9.05. The average Bonchev–Trinajstić information content (AvgIpc) is 2.79. The van der Waals surface area contributed by atoms with Gasteiger partial charge >= 0.3 is 0 Å². The van der Waals surface area contributed by atoms with Crippen LogP contribution in [0.2, 0.25) is 0 Å². The average molecular weight is 248 g/mol. The Morgan fingerprint density at radius 1 is 1.41 bits per heavy atom. The molecule has 3 N–H and O–H groups in total. The van der Waals surface area contributed by atoms with Crippen LogP contribution >= 0.6 is 11.3 Å². The van der Waals surface area contributed by atoms with Gasteiger partial charge in [0.05, 0.1) is 5.69 Å². The Morgan fingerprint density at radius 2 is 2.29 bits per heavy atom. The number of rotatable bonds is 4. The highest BCUT2D eigenvalue weighted by Gasteiger charge is 2.03. The van der Waals surface area contributed by atoms with Crippen molar-refractivity contribution in [3.63, 3.8) is 0 Å². The lowest BCUT2D eigenvalue weighted by Gasteiger charge is -2.06. The third-order valence-corrected chi connectivity index (χ3v) is 2.72. The lowest BCUT2D eigenvalue weighted by molar-refractivity contribution is -0.118. The standard InChI is InChI=1S/C12H12N2O2S/c13-9-2-1-3-11(6-9)16-7-12(15)14-10-4-5-17-8-10/h1-6,8H,7,13H2,(H,14,15). The Bertz CT molecular complexity index is 497. The van der Waals surface area contributed by atoms with Gasteiger partial charge in [0.2, 0.25) is 0 Å². The summed E-state index contributed by atoms with van der Waals surface area (Å²) in [5, 5.41) is 6.48. The number of benzene rings is 1. The van der Waals surface area contributed by atoms with Crippen molar-refractivity contribution in [1.29, 1.82) is 0 Å². The first-order valence-electron chi connectivity index (χ1n) is 5.04. The molecule has 0 saturated carbocycles. The van der Waals surface area contributed by atoms with Gasteiger partial charge in [-0.2, -0.15) is 11.3 Å². The van der Waals surface area contributed by atoms with Crippen LogP contribution in [-0.2, 0) is 4.79 Å². The lowest BCUT2D eigenvalue weighted by Crippen LogP contribution is -2.19. The maximum absolute atomic E-state index is 11.5. The van der Waals surface area contributed by atoms with Crippen molar-refractivity contribution >= 4 is 28.6 Å². The number of amides is 1. The quantitative estimate of drug-likeness (QED) is 0.816. The van der Waals surface area contributed by atoms with Gasteiger partial charge in [0.15, 0.2) is 6.61 Å². The molecule has 1 heterocycles. The third kappa shape index (κ3) is 3.49. The largest absolute Gasteiger partial charge is 0.484 e. The van der Waals surface area contributed by atoms with Gasteiger partial charge in [-0.15, -0.1) is 0 Å². The summed E-state index contributed by atoms with van der Waals surface area (Å²) >= 11 is 1.53. The number of thiophene rings is 1. The monoisotopic (exact) mass is 248 g/mol. The Labute approximate surface area is 103 Å². The van der Waals surface area contributed by atoms with Gasteiger partial charge in [0.25, 0.3) is 5.91 Å². The summed E-state index contributed by atoms with van der Waals surface area (Å²) in [6.07, 6.45) is 0. The molecule has 0 saturated heterocycles. The normalized spacial score (nSPS) is 9.88. The van der Waals surface area contributed by atoms with E-state index in [1.807, 2.05) is 16.8 Å². The number of nitrogen functional groups attached to an aromatic ring is 1. The number of carbonyl (C=O) groups is 1. The third-order valence-electron chi connectivity index (χ3n) is 2.03. The van der Waals surface area contributed by atoms with Crippen molar-refractivity contribution in [1.82, 2.24) is 0 Å². The molecular formula is C12H12N2O2S. The van der Waals surface area contributed by atoms with Gasteiger partial charge in [-0.3, -0.25) is 4.79 Å². The zero-order valence-corrected chi connectivity index (χ0v) is 9.87. The minimum absolute atomic E-state index is 0.0285. The second-order valence-corrected chi connectivity index (χ2v) is 4.20. The van der Waals surface area contributed by atoms with Gasteiger partial charge in [0, 0.05) is 17.1 Å². The van der Waals surface area contributed by atoms with Crippen molar-refractivity contribution in [2.24, 2.45) is 0 Å². The van der Waals surface area contributed by atoms with Crippen molar-refractivity contribution in [2.45, 2.75) is 0 Å². The molecular weight excluding hydrogens is 236 g/mol. The van der Waals surface area contributed by atoms with Crippen LogP contribution in [0.15, 0.2) is 41.1 Å². The Balaban J connectivity index is 1.84. The molecule has 4 nitrogen and oxygen atoms in total. The summed E-state index contributed by atoms with van der Waals surface area (Å²) in [4.78, 5) is 11.5. The molecule has 0 bridgehead atoms. The topological polar surface area (TPSA) is 64.3 Å². The van der Waals surface area contributed by atoms with Gasteiger partial charge in [0.1, 0.15) is 5.75 Å². The van der Waals surface area contributed by atoms with Crippen LogP contribution in [-0.4, -0.2) is 12.5 Å². The van der Waals surface area contributed by atoms with E-state index in [0.717, 1.165) is 5.69 Å². The first-order valence-corrected chi connectivity index (χ1v) is 5.99. The van der Waals surface area contributed by atoms with E-state index in [0.29, 0.717) is 11.4 Å². The fraction of sp³-hybridized carbons (Fsp3) is 0.0833. The highest BCUT2D eigenvalue weighted by Crippen LogP contribution is 2.15. The maximum Gasteiger partial charge on any atom is 0.262 e. The van der Waals surface area contributed by atoms with Crippen molar-refractivity contribution < 1.29 is 9.53 Å². The first-order chi connectivity index (χ1) is 8.24. The Kier molecular flexibility index (Phi) is 3.62. The highest BCUT2D eigenvalue weighted by molar-refractivity contribution is 7.08. The van der Waals surface area contributed by atoms with Crippen LogP contribution < -0.4 is 15.8 Å². The number of hydrogen-bond donors (Lipinski definition) is 2. The smallest absolute Gasteiger partial charge is 0.262 e. The molecule has 2 aromatic rings. The molecule has 1 aromatic carbocycles. The number of hydrogen-bond acceptors (Lipinski definition) is 4. The Morgan fingerprint density at radius 3 is 3.00 bits per heavy atom. The molecule has 0 radical (unpaired) electrons. The van der Waals surface area contributed by atoms with E-state index >= 15 is 0 Å². The van der Waals surface area contributed by atoms with Gasteiger partial charge < -0.3 is 15.8 Å². The molecule has 1 amide bonds. The first kappa shape index (κ1) is 11.5. The minimum Gasteiger partial charge on any atom is -0.484 e. The van der Waals surface area contributed by atoms with Crippen LogP contribution in [0.3, 0.4) is 0 Å². The number of anilines is 2. The number of carbonyl (C=O) groups excluding carboxylic acids is 1. The SMILES string of the molecule is Nc1cccc(OCC(=O)Nc2ccsc2)c1. The summed E-state index contributed by atoms with van der Waals surface area (Å²) in [7, 11) is 0. The molecule has 0 atom stereocenters. The minimum atomic E-state index is -0.189. The van der Waals surface area contributed by atoms with E-state index in [2.05, 4.69) is 5.32 Å². The molecule has 5 heteroatoms. The van der Waals surface area contributed by atoms with E-state index in [-0.39, 0.29) is 12.5 Å².